The Morgan fingerprint density at radius 3 is 2.67 bits per heavy atom. The van der Waals surface area contributed by atoms with Crippen LogP contribution in [0.4, 0.5) is 0 Å². The van der Waals surface area contributed by atoms with Gasteiger partial charge in [0.15, 0.2) is 0 Å². The van der Waals surface area contributed by atoms with Crippen LogP contribution >= 0.6 is 0 Å². The van der Waals surface area contributed by atoms with Gasteiger partial charge in [-0.25, -0.2) is 4.98 Å². The summed E-state index contributed by atoms with van der Waals surface area (Å²) in [4.78, 5) is 21.5. The van der Waals surface area contributed by atoms with Crippen LogP contribution in [0.5, 0.6) is 0 Å². The predicted octanol–water partition coefficient (Wildman–Crippen LogP) is 2.43. The Hall–Kier alpha value is -2.14. The fraction of sp³-hybridized carbons (Fsp3) is 0.474. The minimum Gasteiger partial charge on any atom is -0.337 e. The quantitative estimate of drug-likeness (QED) is 0.847. The molecule has 1 aromatic carbocycles. The lowest BCUT2D eigenvalue weighted by atomic mass is 10.1. The van der Waals surface area contributed by atoms with Gasteiger partial charge in [-0.15, -0.1) is 0 Å². The van der Waals surface area contributed by atoms with Crippen molar-refractivity contribution in [1.82, 2.24) is 19.4 Å². The largest absolute Gasteiger partial charge is 0.337 e. The third-order valence-electron chi connectivity index (χ3n) is 4.82. The summed E-state index contributed by atoms with van der Waals surface area (Å²) in [5, 5.41) is 0. The highest BCUT2D eigenvalue weighted by Gasteiger charge is 2.29. The van der Waals surface area contributed by atoms with E-state index in [9.17, 15) is 4.79 Å². The van der Waals surface area contributed by atoms with E-state index in [1.807, 2.05) is 37.6 Å². The van der Waals surface area contributed by atoms with Gasteiger partial charge in [0.2, 0.25) is 5.91 Å². The first-order chi connectivity index (χ1) is 11.7. The van der Waals surface area contributed by atoms with Gasteiger partial charge >= 0.3 is 0 Å². The predicted molar refractivity (Wildman–Crippen MR) is 94.2 cm³/mol. The van der Waals surface area contributed by atoms with Crippen molar-refractivity contribution < 1.29 is 4.79 Å². The molecule has 0 spiro atoms. The van der Waals surface area contributed by atoms with Crippen LogP contribution in [0.15, 0.2) is 42.7 Å². The Bertz CT molecular complexity index is 667. The minimum atomic E-state index is 0.250. The minimum absolute atomic E-state index is 0.250. The van der Waals surface area contributed by atoms with Gasteiger partial charge in [0.1, 0.15) is 5.82 Å². The molecular formula is C19H26N4O. The molecule has 1 amide bonds. The number of carbonyl (C=O) groups is 1. The van der Waals surface area contributed by atoms with E-state index in [0.29, 0.717) is 13.0 Å². The number of benzene rings is 1. The van der Waals surface area contributed by atoms with Crippen molar-refractivity contribution in [2.75, 3.05) is 13.1 Å². The summed E-state index contributed by atoms with van der Waals surface area (Å²) in [5.41, 5.74) is 1.20. The van der Waals surface area contributed by atoms with Gasteiger partial charge < -0.3 is 9.47 Å². The van der Waals surface area contributed by atoms with Crippen molar-refractivity contribution >= 4 is 5.91 Å². The SMILES string of the molecule is CCC1CN(Cc2nccn2C)CCC(=O)N1Cc1ccccc1. The lowest BCUT2D eigenvalue weighted by Gasteiger charge is -2.31. The van der Waals surface area contributed by atoms with Crippen LogP contribution in [0, 0.1) is 0 Å². The van der Waals surface area contributed by atoms with Crippen LogP contribution in [-0.2, 0) is 24.9 Å². The highest BCUT2D eigenvalue weighted by molar-refractivity contribution is 5.77. The molecular weight excluding hydrogens is 300 g/mol. The molecule has 0 radical (unpaired) electrons. The van der Waals surface area contributed by atoms with Crippen LogP contribution < -0.4 is 0 Å². The molecule has 1 unspecified atom stereocenters. The zero-order valence-corrected chi connectivity index (χ0v) is 14.6. The Morgan fingerprint density at radius 1 is 1.21 bits per heavy atom. The zero-order valence-electron chi connectivity index (χ0n) is 14.6. The molecule has 1 aliphatic rings. The number of rotatable bonds is 5. The molecule has 1 saturated heterocycles. The van der Waals surface area contributed by atoms with Gasteiger partial charge in [0.05, 0.1) is 6.54 Å². The number of aromatic nitrogens is 2. The number of hydrogen-bond donors (Lipinski definition) is 0. The van der Waals surface area contributed by atoms with E-state index in [1.165, 1.54) is 5.56 Å². The maximum atomic E-state index is 12.7. The Balaban J connectivity index is 1.72. The summed E-state index contributed by atoms with van der Waals surface area (Å²) < 4.78 is 2.05. The molecule has 1 aliphatic heterocycles. The van der Waals surface area contributed by atoms with Crippen LogP contribution in [0.3, 0.4) is 0 Å². The molecule has 0 aliphatic carbocycles. The summed E-state index contributed by atoms with van der Waals surface area (Å²) in [5.74, 6) is 1.31. The second kappa shape index (κ2) is 7.62. The molecule has 1 fully saturated rings. The van der Waals surface area contributed by atoms with Gasteiger partial charge in [-0.1, -0.05) is 37.3 Å². The van der Waals surface area contributed by atoms with Crippen LogP contribution in [0.2, 0.25) is 0 Å². The number of imidazole rings is 1. The van der Waals surface area contributed by atoms with Crippen molar-refractivity contribution in [3.05, 3.63) is 54.1 Å². The summed E-state index contributed by atoms with van der Waals surface area (Å²) in [7, 11) is 2.02. The third kappa shape index (κ3) is 3.85. The fourth-order valence-corrected chi connectivity index (χ4v) is 3.33. The molecule has 5 heteroatoms. The van der Waals surface area contributed by atoms with Gasteiger partial charge in [-0.2, -0.15) is 0 Å². The van der Waals surface area contributed by atoms with E-state index in [2.05, 4.69) is 38.4 Å². The second-order valence-electron chi connectivity index (χ2n) is 6.51. The lowest BCUT2D eigenvalue weighted by Crippen LogP contribution is -2.42. The molecule has 24 heavy (non-hydrogen) atoms. The highest BCUT2D eigenvalue weighted by Crippen LogP contribution is 2.18. The van der Waals surface area contributed by atoms with Crippen molar-refractivity contribution in [2.45, 2.75) is 38.9 Å². The molecule has 0 bridgehead atoms. The van der Waals surface area contributed by atoms with Crippen molar-refractivity contribution in [2.24, 2.45) is 7.05 Å². The number of aryl methyl sites for hydroxylation is 1. The molecule has 0 saturated carbocycles. The van der Waals surface area contributed by atoms with Gasteiger partial charge in [0, 0.05) is 51.5 Å². The summed E-state index contributed by atoms with van der Waals surface area (Å²) >= 11 is 0. The normalized spacial score (nSPS) is 19.5. The monoisotopic (exact) mass is 326 g/mol. The van der Waals surface area contributed by atoms with E-state index in [1.54, 1.807) is 0 Å². The number of hydrogen-bond acceptors (Lipinski definition) is 3. The first-order valence-electron chi connectivity index (χ1n) is 8.69. The van der Waals surface area contributed by atoms with E-state index < -0.39 is 0 Å². The molecule has 5 nitrogen and oxygen atoms in total. The van der Waals surface area contributed by atoms with Crippen LogP contribution in [-0.4, -0.2) is 44.4 Å². The molecule has 128 valence electrons. The van der Waals surface area contributed by atoms with E-state index in [4.69, 9.17) is 0 Å². The summed E-state index contributed by atoms with van der Waals surface area (Å²) in [6.45, 7) is 5.37. The van der Waals surface area contributed by atoms with E-state index in [-0.39, 0.29) is 11.9 Å². The van der Waals surface area contributed by atoms with Crippen molar-refractivity contribution in [3.63, 3.8) is 0 Å². The Kier molecular flexibility index (Phi) is 5.30. The molecule has 2 heterocycles. The summed E-state index contributed by atoms with van der Waals surface area (Å²) in [6.07, 6.45) is 5.35. The number of nitrogens with zero attached hydrogens (tertiary/aromatic N) is 4. The standard InChI is InChI=1S/C19H26N4O/c1-3-17-14-22(15-18-20-10-12-21(18)2)11-9-19(24)23(17)13-16-7-5-4-6-8-16/h4-8,10,12,17H,3,9,11,13-15H2,1-2H3. The molecule has 3 rings (SSSR count). The van der Waals surface area contributed by atoms with Gasteiger partial charge in [0.25, 0.3) is 0 Å². The maximum absolute atomic E-state index is 12.7. The number of carbonyl (C=O) groups excluding carboxylic acids is 1. The molecule has 1 aromatic heterocycles. The average Bonchev–Trinajstić information content (AvgIpc) is 2.94. The molecule has 0 N–H and O–H groups in total. The highest BCUT2D eigenvalue weighted by atomic mass is 16.2. The maximum Gasteiger partial charge on any atom is 0.224 e. The Labute approximate surface area is 143 Å². The van der Waals surface area contributed by atoms with Crippen LogP contribution in [0.25, 0.3) is 0 Å². The fourth-order valence-electron chi connectivity index (χ4n) is 3.33. The molecule has 2 aromatic rings. The zero-order chi connectivity index (χ0) is 16.9. The summed E-state index contributed by atoms with van der Waals surface area (Å²) in [6, 6.07) is 10.5. The average molecular weight is 326 g/mol. The first-order valence-corrected chi connectivity index (χ1v) is 8.69. The van der Waals surface area contributed by atoms with Gasteiger partial charge in [-0.3, -0.25) is 9.69 Å². The van der Waals surface area contributed by atoms with Crippen molar-refractivity contribution in [1.29, 1.82) is 0 Å². The lowest BCUT2D eigenvalue weighted by molar-refractivity contribution is -0.133. The third-order valence-corrected chi connectivity index (χ3v) is 4.82. The second-order valence-corrected chi connectivity index (χ2v) is 6.51. The number of amides is 1. The smallest absolute Gasteiger partial charge is 0.224 e. The van der Waals surface area contributed by atoms with Crippen LogP contribution in [0.1, 0.15) is 31.2 Å². The van der Waals surface area contributed by atoms with Crippen molar-refractivity contribution in [3.8, 4) is 0 Å². The topological polar surface area (TPSA) is 41.4 Å². The molecule has 1 atom stereocenters. The van der Waals surface area contributed by atoms with Gasteiger partial charge in [-0.05, 0) is 12.0 Å². The van der Waals surface area contributed by atoms with E-state index in [0.717, 1.165) is 31.9 Å². The van der Waals surface area contributed by atoms with E-state index >= 15 is 0 Å². The first kappa shape index (κ1) is 16.7. The Morgan fingerprint density at radius 2 is 2.00 bits per heavy atom.